The van der Waals surface area contributed by atoms with Crippen molar-refractivity contribution in [2.75, 3.05) is 6.61 Å². The Morgan fingerprint density at radius 1 is 1.38 bits per heavy atom. The Hall–Kier alpha value is -1.98. The molecule has 0 aliphatic carbocycles. The van der Waals surface area contributed by atoms with Crippen molar-refractivity contribution in [2.24, 2.45) is 0 Å². The van der Waals surface area contributed by atoms with Crippen LogP contribution in [-0.2, 0) is 4.74 Å². The van der Waals surface area contributed by atoms with Crippen LogP contribution < -0.4 is 0 Å². The van der Waals surface area contributed by atoms with Gasteiger partial charge in [-0.25, -0.2) is 9.67 Å². The molecule has 0 saturated heterocycles. The molecule has 2 aromatic rings. The molecule has 1 heterocycles. The van der Waals surface area contributed by atoms with Gasteiger partial charge in [0.25, 0.3) is 0 Å². The van der Waals surface area contributed by atoms with E-state index in [9.17, 15) is 5.11 Å². The molecule has 0 spiro atoms. The number of benzene rings is 1. The summed E-state index contributed by atoms with van der Waals surface area (Å²) >= 11 is 0. The number of hydrogen-bond donors (Lipinski definition) is 1. The van der Waals surface area contributed by atoms with Crippen molar-refractivity contribution < 1.29 is 9.84 Å². The predicted octanol–water partition coefficient (Wildman–Crippen LogP) is 2.45. The Morgan fingerprint density at radius 3 is 2.67 bits per heavy atom. The molecule has 1 aromatic heterocycles. The minimum absolute atomic E-state index is 0.528. The van der Waals surface area contributed by atoms with E-state index in [0.29, 0.717) is 12.3 Å². The number of rotatable bonds is 6. The first-order valence-corrected chi connectivity index (χ1v) is 6.98. The highest BCUT2D eigenvalue weighted by atomic mass is 16.5. The summed E-state index contributed by atoms with van der Waals surface area (Å²) in [5.74, 6) is 0. The second-order valence-electron chi connectivity index (χ2n) is 5.26. The van der Waals surface area contributed by atoms with Gasteiger partial charge in [0.05, 0.1) is 11.3 Å². The zero-order chi connectivity index (χ0) is 15.3. The smallest absolute Gasteiger partial charge is 0.138 e. The normalized spacial score (nSPS) is 14.2. The maximum Gasteiger partial charge on any atom is 0.138 e. The summed E-state index contributed by atoms with van der Waals surface area (Å²) in [6.07, 6.45) is 4.07. The fourth-order valence-electron chi connectivity index (χ4n) is 2.14. The summed E-state index contributed by atoms with van der Waals surface area (Å²) in [7, 11) is 0. The molecule has 5 nitrogen and oxygen atoms in total. The van der Waals surface area contributed by atoms with Crippen molar-refractivity contribution in [1.29, 1.82) is 0 Å². The number of ether oxygens (including phenoxy) is 1. The summed E-state index contributed by atoms with van der Waals surface area (Å²) in [5.41, 5.74) is 0.882. The lowest BCUT2D eigenvalue weighted by Crippen LogP contribution is -2.41. The molecule has 0 fully saturated rings. The molecule has 112 valence electrons. The van der Waals surface area contributed by atoms with E-state index in [4.69, 9.17) is 4.74 Å². The van der Waals surface area contributed by atoms with Gasteiger partial charge in [0, 0.05) is 6.61 Å². The summed E-state index contributed by atoms with van der Waals surface area (Å²) in [6, 6.07) is 9.79. The standard InChI is InChI=1S/C16H21N3O2/c1-4-21-16(2,3)15(20)14(19-12-17-11-18-19)10-13-8-6-5-7-9-13/h5-12,15,20H,4H2,1-3H3. The van der Waals surface area contributed by atoms with Gasteiger partial charge in [0.1, 0.15) is 18.8 Å². The van der Waals surface area contributed by atoms with Gasteiger partial charge in [0.15, 0.2) is 0 Å². The summed E-state index contributed by atoms with van der Waals surface area (Å²) in [6.45, 7) is 6.15. The second-order valence-corrected chi connectivity index (χ2v) is 5.26. The Balaban J connectivity index is 2.40. The minimum Gasteiger partial charge on any atom is -0.384 e. The van der Waals surface area contributed by atoms with Gasteiger partial charge < -0.3 is 9.84 Å². The molecule has 1 unspecified atom stereocenters. The molecule has 1 aromatic carbocycles. The molecule has 1 N–H and O–H groups in total. The van der Waals surface area contributed by atoms with Gasteiger partial charge in [-0.1, -0.05) is 30.3 Å². The molecule has 0 bridgehead atoms. The summed E-state index contributed by atoms with van der Waals surface area (Å²) in [5, 5.41) is 14.8. The first kappa shape index (κ1) is 15.4. The number of aliphatic hydroxyl groups is 1. The fraction of sp³-hybridized carbons (Fsp3) is 0.375. The molecule has 0 amide bonds. The van der Waals surface area contributed by atoms with Crippen LogP contribution in [0.15, 0.2) is 43.0 Å². The van der Waals surface area contributed by atoms with Gasteiger partial charge in [-0.15, -0.1) is 0 Å². The molecule has 0 aliphatic rings. The lowest BCUT2D eigenvalue weighted by molar-refractivity contribution is -0.0753. The van der Waals surface area contributed by atoms with Crippen LogP contribution in [0.3, 0.4) is 0 Å². The Bertz CT molecular complexity index is 577. The molecule has 0 saturated carbocycles. The maximum atomic E-state index is 10.7. The minimum atomic E-state index is -0.834. The lowest BCUT2D eigenvalue weighted by Gasteiger charge is -2.31. The molecule has 2 rings (SSSR count). The van der Waals surface area contributed by atoms with Gasteiger partial charge >= 0.3 is 0 Å². The molecule has 1 atom stereocenters. The zero-order valence-electron chi connectivity index (χ0n) is 12.6. The van der Waals surface area contributed by atoms with Gasteiger partial charge in [0.2, 0.25) is 0 Å². The van der Waals surface area contributed by atoms with E-state index in [1.54, 1.807) is 11.0 Å². The third-order valence-electron chi connectivity index (χ3n) is 3.25. The van der Waals surface area contributed by atoms with Gasteiger partial charge in [-0.3, -0.25) is 0 Å². The first-order valence-electron chi connectivity index (χ1n) is 6.98. The van der Waals surface area contributed by atoms with Crippen LogP contribution in [0.5, 0.6) is 0 Å². The number of nitrogens with zero attached hydrogens (tertiary/aromatic N) is 3. The van der Waals surface area contributed by atoms with Crippen LogP contribution >= 0.6 is 0 Å². The summed E-state index contributed by atoms with van der Waals surface area (Å²) < 4.78 is 7.22. The molecular formula is C16H21N3O2. The Labute approximate surface area is 124 Å². The number of aliphatic hydroxyl groups excluding tert-OH is 1. The van der Waals surface area contributed by atoms with Crippen LogP contribution in [0.2, 0.25) is 0 Å². The second kappa shape index (κ2) is 6.65. The highest BCUT2D eigenvalue weighted by Crippen LogP contribution is 2.25. The van der Waals surface area contributed by atoms with E-state index in [1.807, 2.05) is 57.2 Å². The lowest BCUT2D eigenvalue weighted by atomic mass is 9.97. The van der Waals surface area contributed by atoms with Crippen molar-refractivity contribution in [3.63, 3.8) is 0 Å². The molecular weight excluding hydrogens is 266 g/mol. The third-order valence-corrected chi connectivity index (χ3v) is 3.25. The van der Waals surface area contributed by atoms with E-state index >= 15 is 0 Å². The van der Waals surface area contributed by atoms with E-state index in [2.05, 4.69) is 10.1 Å². The van der Waals surface area contributed by atoms with Crippen LogP contribution in [0, 0.1) is 0 Å². The van der Waals surface area contributed by atoms with Crippen LogP contribution in [0.1, 0.15) is 26.3 Å². The van der Waals surface area contributed by atoms with Crippen molar-refractivity contribution in [3.05, 3.63) is 48.5 Å². The largest absolute Gasteiger partial charge is 0.384 e. The molecule has 0 radical (unpaired) electrons. The number of hydrogen-bond acceptors (Lipinski definition) is 4. The van der Waals surface area contributed by atoms with Crippen molar-refractivity contribution in [3.8, 4) is 0 Å². The zero-order valence-corrected chi connectivity index (χ0v) is 12.6. The number of aromatic nitrogens is 3. The van der Waals surface area contributed by atoms with Gasteiger partial charge in [-0.05, 0) is 32.4 Å². The Kier molecular flexibility index (Phi) is 4.88. The first-order chi connectivity index (χ1) is 10.0. The molecule has 0 aliphatic heterocycles. The topological polar surface area (TPSA) is 60.2 Å². The fourth-order valence-corrected chi connectivity index (χ4v) is 2.14. The van der Waals surface area contributed by atoms with Crippen LogP contribution in [-0.4, -0.2) is 38.2 Å². The summed E-state index contributed by atoms with van der Waals surface area (Å²) in [4.78, 5) is 3.95. The average Bonchev–Trinajstić information content (AvgIpc) is 2.99. The quantitative estimate of drug-likeness (QED) is 0.886. The van der Waals surface area contributed by atoms with E-state index in [0.717, 1.165) is 5.56 Å². The van der Waals surface area contributed by atoms with Crippen molar-refractivity contribution >= 4 is 11.8 Å². The van der Waals surface area contributed by atoms with Crippen LogP contribution in [0.25, 0.3) is 11.8 Å². The van der Waals surface area contributed by atoms with E-state index in [1.165, 1.54) is 6.33 Å². The Morgan fingerprint density at radius 2 is 2.10 bits per heavy atom. The van der Waals surface area contributed by atoms with Gasteiger partial charge in [-0.2, -0.15) is 5.10 Å². The predicted molar refractivity (Wildman–Crippen MR) is 82.3 cm³/mol. The average molecular weight is 287 g/mol. The SMILES string of the molecule is CCOC(C)(C)C(O)C(=Cc1ccccc1)n1cncn1. The molecule has 5 heteroatoms. The van der Waals surface area contributed by atoms with E-state index in [-0.39, 0.29) is 0 Å². The third kappa shape index (κ3) is 3.77. The van der Waals surface area contributed by atoms with Crippen LogP contribution in [0.4, 0.5) is 0 Å². The van der Waals surface area contributed by atoms with Crippen molar-refractivity contribution in [1.82, 2.24) is 14.8 Å². The highest BCUT2D eigenvalue weighted by Gasteiger charge is 2.32. The van der Waals surface area contributed by atoms with Crippen molar-refractivity contribution in [2.45, 2.75) is 32.5 Å². The monoisotopic (exact) mass is 287 g/mol. The molecule has 21 heavy (non-hydrogen) atoms. The highest BCUT2D eigenvalue weighted by molar-refractivity contribution is 5.73. The van der Waals surface area contributed by atoms with E-state index < -0.39 is 11.7 Å². The maximum absolute atomic E-state index is 10.7.